The molecular weight excluding hydrogens is 354 g/mol. The lowest BCUT2D eigenvalue weighted by Crippen LogP contribution is -2.34. The molecule has 1 heterocycles. The summed E-state index contributed by atoms with van der Waals surface area (Å²) in [5.74, 6) is 0.191. The predicted molar refractivity (Wildman–Crippen MR) is 110 cm³/mol. The Morgan fingerprint density at radius 3 is 2.75 bits per heavy atom. The van der Waals surface area contributed by atoms with Crippen molar-refractivity contribution in [1.29, 1.82) is 0 Å². The van der Waals surface area contributed by atoms with E-state index < -0.39 is 0 Å². The van der Waals surface area contributed by atoms with Gasteiger partial charge in [-0.25, -0.2) is 0 Å². The van der Waals surface area contributed by atoms with Crippen LogP contribution in [0.2, 0.25) is 0 Å². The van der Waals surface area contributed by atoms with Crippen LogP contribution in [0, 0.1) is 16.0 Å². The Hall–Kier alpha value is -2.89. The SMILES string of the molecule is C[C@H]1CCCN(c2ccc(C(=O)Nc3ccc4c(c3)CCC4)cc2[N+](=O)[O-])C1. The third-order valence-corrected chi connectivity index (χ3v) is 5.79. The van der Waals surface area contributed by atoms with Gasteiger partial charge in [0.15, 0.2) is 0 Å². The lowest BCUT2D eigenvalue weighted by atomic mass is 9.99. The first-order valence-electron chi connectivity index (χ1n) is 9.98. The van der Waals surface area contributed by atoms with Crippen molar-refractivity contribution in [3.05, 3.63) is 63.2 Å². The molecular formula is C22H25N3O3. The molecule has 1 atom stereocenters. The molecule has 0 spiro atoms. The van der Waals surface area contributed by atoms with Crippen molar-refractivity contribution in [3.8, 4) is 0 Å². The fourth-order valence-corrected chi connectivity index (χ4v) is 4.34. The van der Waals surface area contributed by atoms with Gasteiger partial charge in [0.05, 0.1) is 4.92 Å². The molecule has 1 saturated heterocycles. The largest absolute Gasteiger partial charge is 0.366 e. The van der Waals surface area contributed by atoms with Crippen molar-refractivity contribution in [1.82, 2.24) is 0 Å². The number of nitrogens with zero attached hydrogens (tertiary/aromatic N) is 2. The average Bonchev–Trinajstić information content (AvgIpc) is 3.15. The van der Waals surface area contributed by atoms with E-state index in [9.17, 15) is 14.9 Å². The van der Waals surface area contributed by atoms with E-state index in [2.05, 4.69) is 23.2 Å². The first kappa shape index (κ1) is 18.5. The zero-order valence-corrected chi connectivity index (χ0v) is 16.1. The Morgan fingerprint density at radius 1 is 1.14 bits per heavy atom. The maximum Gasteiger partial charge on any atom is 0.293 e. The van der Waals surface area contributed by atoms with E-state index in [4.69, 9.17) is 0 Å². The van der Waals surface area contributed by atoms with Crippen molar-refractivity contribution < 1.29 is 9.72 Å². The molecule has 0 saturated carbocycles. The Morgan fingerprint density at radius 2 is 1.96 bits per heavy atom. The number of hydrogen-bond donors (Lipinski definition) is 1. The van der Waals surface area contributed by atoms with Gasteiger partial charge in [-0.15, -0.1) is 0 Å². The third-order valence-electron chi connectivity index (χ3n) is 5.79. The normalized spacial score (nSPS) is 18.6. The number of carbonyl (C=O) groups excluding carboxylic acids is 1. The van der Waals surface area contributed by atoms with Crippen LogP contribution in [0.15, 0.2) is 36.4 Å². The molecule has 146 valence electrons. The summed E-state index contributed by atoms with van der Waals surface area (Å²) in [6.07, 6.45) is 5.44. The minimum absolute atomic E-state index is 0.00398. The molecule has 2 aliphatic rings. The fourth-order valence-electron chi connectivity index (χ4n) is 4.34. The number of nitrogens with one attached hydrogen (secondary N) is 1. The second-order valence-corrected chi connectivity index (χ2v) is 7.95. The molecule has 1 amide bonds. The number of piperidine rings is 1. The maximum absolute atomic E-state index is 12.7. The molecule has 1 aliphatic heterocycles. The topological polar surface area (TPSA) is 75.5 Å². The number of nitro benzene ring substituents is 1. The number of anilines is 2. The highest BCUT2D eigenvalue weighted by Crippen LogP contribution is 2.33. The second-order valence-electron chi connectivity index (χ2n) is 7.95. The van der Waals surface area contributed by atoms with Crippen LogP contribution in [-0.2, 0) is 12.8 Å². The van der Waals surface area contributed by atoms with E-state index in [1.807, 2.05) is 12.1 Å². The van der Waals surface area contributed by atoms with Crippen LogP contribution in [0.3, 0.4) is 0 Å². The van der Waals surface area contributed by atoms with Crippen molar-refractivity contribution >= 4 is 23.0 Å². The number of nitro groups is 1. The summed E-state index contributed by atoms with van der Waals surface area (Å²) in [6.45, 7) is 3.78. The highest BCUT2D eigenvalue weighted by molar-refractivity contribution is 6.05. The number of hydrogen-bond acceptors (Lipinski definition) is 4. The number of fused-ring (bicyclic) bond motifs is 1. The third kappa shape index (κ3) is 3.72. The zero-order valence-electron chi connectivity index (χ0n) is 16.1. The summed E-state index contributed by atoms with van der Waals surface area (Å²) in [6, 6.07) is 10.8. The smallest absolute Gasteiger partial charge is 0.293 e. The van der Waals surface area contributed by atoms with Gasteiger partial charge in [0.2, 0.25) is 0 Å². The zero-order chi connectivity index (χ0) is 19.7. The molecule has 6 nitrogen and oxygen atoms in total. The molecule has 0 bridgehead atoms. The van der Waals surface area contributed by atoms with Crippen LogP contribution in [0.4, 0.5) is 17.1 Å². The fraction of sp³-hybridized carbons (Fsp3) is 0.409. The Labute approximate surface area is 164 Å². The second kappa shape index (κ2) is 7.62. The predicted octanol–water partition coefficient (Wildman–Crippen LogP) is 4.57. The molecule has 1 fully saturated rings. The molecule has 1 aliphatic carbocycles. The average molecular weight is 379 g/mol. The van der Waals surface area contributed by atoms with E-state index in [1.165, 1.54) is 17.2 Å². The number of aryl methyl sites for hydroxylation is 2. The van der Waals surface area contributed by atoms with Crippen molar-refractivity contribution in [3.63, 3.8) is 0 Å². The van der Waals surface area contributed by atoms with Gasteiger partial charge in [-0.2, -0.15) is 0 Å². The van der Waals surface area contributed by atoms with Crippen molar-refractivity contribution in [2.45, 2.75) is 39.0 Å². The Bertz CT molecular complexity index is 925. The molecule has 0 radical (unpaired) electrons. The van der Waals surface area contributed by atoms with Gasteiger partial charge in [-0.1, -0.05) is 13.0 Å². The quantitative estimate of drug-likeness (QED) is 0.623. The van der Waals surface area contributed by atoms with Gasteiger partial charge in [0.25, 0.3) is 11.6 Å². The summed E-state index contributed by atoms with van der Waals surface area (Å²) in [4.78, 5) is 26.0. The van der Waals surface area contributed by atoms with Gasteiger partial charge >= 0.3 is 0 Å². The van der Waals surface area contributed by atoms with Gasteiger partial charge in [-0.3, -0.25) is 14.9 Å². The first-order chi connectivity index (χ1) is 13.5. The molecule has 1 N–H and O–H groups in total. The minimum Gasteiger partial charge on any atom is -0.366 e. The first-order valence-corrected chi connectivity index (χ1v) is 9.98. The van der Waals surface area contributed by atoms with Crippen molar-refractivity contribution in [2.75, 3.05) is 23.3 Å². The Balaban J connectivity index is 1.56. The van der Waals surface area contributed by atoms with Crippen LogP contribution in [0.5, 0.6) is 0 Å². The van der Waals surface area contributed by atoms with Crippen LogP contribution >= 0.6 is 0 Å². The molecule has 4 rings (SSSR count). The van der Waals surface area contributed by atoms with Gasteiger partial charge < -0.3 is 10.2 Å². The van der Waals surface area contributed by atoms with E-state index >= 15 is 0 Å². The van der Waals surface area contributed by atoms with Gasteiger partial charge in [-0.05, 0) is 73.4 Å². The lowest BCUT2D eigenvalue weighted by molar-refractivity contribution is -0.384. The van der Waals surface area contributed by atoms with E-state index in [-0.39, 0.29) is 16.5 Å². The summed E-state index contributed by atoms with van der Waals surface area (Å²) in [5.41, 5.74) is 4.26. The minimum atomic E-state index is -0.388. The summed E-state index contributed by atoms with van der Waals surface area (Å²) in [5, 5.41) is 14.5. The van der Waals surface area contributed by atoms with Crippen LogP contribution in [0.25, 0.3) is 0 Å². The number of benzene rings is 2. The molecule has 2 aromatic carbocycles. The monoisotopic (exact) mass is 379 g/mol. The highest BCUT2D eigenvalue weighted by Gasteiger charge is 2.25. The van der Waals surface area contributed by atoms with Crippen molar-refractivity contribution in [2.24, 2.45) is 5.92 Å². The Kier molecular flexibility index (Phi) is 5.03. The lowest BCUT2D eigenvalue weighted by Gasteiger charge is -2.32. The van der Waals surface area contributed by atoms with Crippen LogP contribution in [-0.4, -0.2) is 23.9 Å². The van der Waals surface area contributed by atoms with Gasteiger partial charge in [0, 0.05) is 30.4 Å². The molecule has 0 aromatic heterocycles. The summed E-state index contributed by atoms with van der Waals surface area (Å²) >= 11 is 0. The standard InChI is InChI=1S/C22H25N3O3/c1-15-4-3-11-24(14-15)20-10-8-18(13-21(20)25(27)28)22(26)23-19-9-7-16-5-2-6-17(16)12-19/h7-10,12-13,15H,2-6,11,14H2,1H3,(H,23,26)/t15-/m0/s1. The van der Waals surface area contributed by atoms with E-state index in [1.54, 1.807) is 12.1 Å². The van der Waals surface area contributed by atoms with E-state index in [0.717, 1.165) is 50.9 Å². The molecule has 28 heavy (non-hydrogen) atoms. The molecule has 2 aromatic rings. The summed E-state index contributed by atoms with van der Waals surface area (Å²) in [7, 11) is 0. The molecule has 0 unspecified atom stereocenters. The number of amides is 1. The van der Waals surface area contributed by atoms with E-state index in [0.29, 0.717) is 17.2 Å². The van der Waals surface area contributed by atoms with Crippen LogP contribution < -0.4 is 10.2 Å². The molecule has 6 heteroatoms. The van der Waals surface area contributed by atoms with Gasteiger partial charge in [0.1, 0.15) is 5.69 Å². The number of carbonyl (C=O) groups is 1. The number of rotatable bonds is 4. The summed E-state index contributed by atoms with van der Waals surface area (Å²) < 4.78 is 0. The maximum atomic E-state index is 12.7. The van der Waals surface area contributed by atoms with Crippen LogP contribution in [0.1, 0.15) is 47.7 Å². The highest BCUT2D eigenvalue weighted by atomic mass is 16.6.